The maximum atomic E-state index is 13.4. The number of nitrogens with one attached hydrogen (secondary N) is 2. The van der Waals surface area contributed by atoms with E-state index in [9.17, 15) is 67.3 Å². The van der Waals surface area contributed by atoms with Gasteiger partial charge >= 0.3 is 0 Å². The lowest BCUT2D eigenvalue weighted by Crippen LogP contribution is -3.05. The lowest BCUT2D eigenvalue weighted by molar-refractivity contribution is -0.749. The van der Waals surface area contributed by atoms with E-state index in [0.717, 1.165) is 30.3 Å². The van der Waals surface area contributed by atoms with Crippen LogP contribution in [0.15, 0.2) is 113 Å². The molecule has 0 bridgehead atoms. The van der Waals surface area contributed by atoms with Crippen LogP contribution in [0.2, 0.25) is 0 Å². The number of nitrogen functional groups attached to an aromatic ring is 2. The Hall–Kier alpha value is -6.80. The van der Waals surface area contributed by atoms with E-state index in [2.05, 4.69) is 25.9 Å². The van der Waals surface area contributed by atoms with Gasteiger partial charge in [-0.25, -0.2) is 10.6 Å². The quantitative estimate of drug-likeness (QED) is 0.0344. The number of phenols is 1. The first-order chi connectivity index (χ1) is 29.2. The Balaban J connectivity index is 1.29. The summed E-state index contributed by atoms with van der Waals surface area (Å²) in [7, 11) is -17.6. The number of azo groups is 2. The fourth-order valence-corrected chi connectivity index (χ4v) is 8.41. The van der Waals surface area contributed by atoms with Gasteiger partial charge in [0.25, 0.3) is 40.5 Å². The molecule has 0 heterocycles. The van der Waals surface area contributed by atoms with Crippen molar-refractivity contribution in [1.29, 1.82) is 0 Å². The van der Waals surface area contributed by atoms with Crippen molar-refractivity contribution in [1.82, 2.24) is 0 Å². The van der Waals surface area contributed by atoms with Gasteiger partial charge in [0.2, 0.25) is 0 Å². The SMILES string of the molecule is COc1cc(N[NH+]([O-])c2ccc(N=Nc3c(S(=O)(=O)O)cc4cc(S(=O)(=O)O)cc(N)c4c3O)c(OC)c2)ccc1N=Nc1c(S(=O)(=O)O)cc2cc(S(=O)(=O)O)cc(N)c2c1[O-]. The second kappa shape index (κ2) is 16.5. The fraction of sp³-hybridized carbons (Fsp3) is 0.0588. The van der Waals surface area contributed by atoms with Crippen molar-refractivity contribution < 1.29 is 76.7 Å². The minimum Gasteiger partial charge on any atom is -0.870 e. The van der Waals surface area contributed by atoms with Crippen LogP contribution in [-0.2, 0) is 40.5 Å². The molecule has 6 aromatic rings. The first-order valence-electron chi connectivity index (χ1n) is 16.8. The molecule has 25 nitrogen and oxygen atoms in total. The van der Waals surface area contributed by atoms with Crippen LogP contribution < -0.4 is 36.6 Å². The van der Waals surface area contributed by atoms with Crippen LogP contribution in [0.25, 0.3) is 21.5 Å². The number of benzene rings is 6. The molecule has 1 atom stereocenters. The average Bonchev–Trinajstić information content (AvgIpc) is 3.18. The molecule has 6 aromatic carbocycles. The number of phenolic OH excluding ortho intramolecular Hbond substituents is 1. The Kier molecular flexibility index (Phi) is 12.0. The van der Waals surface area contributed by atoms with Crippen molar-refractivity contribution in [3.05, 3.63) is 78.0 Å². The molecule has 0 aliphatic heterocycles. The van der Waals surface area contributed by atoms with Gasteiger partial charge in [-0.2, -0.15) is 33.7 Å². The van der Waals surface area contributed by atoms with Gasteiger partial charge in [-0.05, 0) is 70.8 Å². The molecule has 6 rings (SSSR count). The molecule has 29 heteroatoms. The highest BCUT2D eigenvalue weighted by Gasteiger charge is 2.26. The lowest BCUT2D eigenvalue weighted by Gasteiger charge is -2.23. The zero-order valence-electron chi connectivity index (χ0n) is 31.6. The summed E-state index contributed by atoms with van der Waals surface area (Å²) >= 11 is 0. The fourth-order valence-electron chi connectivity index (χ4n) is 6.00. The van der Waals surface area contributed by atoms with Crippen LogP contribution in [0.3, 0.4) is 0 Å². The third kappa shape index (κ3) is 9.36. The summed E-state index contributed by atoms with van der Waals surface area (Å²) in [6.07, 6.45) is 0. The van der Waals surface area contributed by atoms with Crippen molar-refractivity contribution in [2.75, 3.05) is 31.1 Å². The molecule has 0 saturated carbocycles. The van der Waals surface area contributed by atoms with Crippen LogP contribution in [0.5, 0.6) is 23.0 Å². The monoisotopic (exact) mass is 949 g/mol. The number of rotatable bonds is 13. The summed E-state index contributed by atoms with van der Waals surface area (Å²) in [4.78, 5) is -3.57. The molecule has 0 saturated heterocycles. The summed E-state index contributed by atoms with van der Waals surface area (Å²) < 4.78 is 145. The smallest absolute Gasteiger partial charge is 0.296 e. The molecule has 1 unspecified atom stereocenters. The number of nitrogens with zero attached hydrogens (tertiary/aromatic N) is 4. The summed E-state index contributed by atoms with van der Waals surface area (Å²) in [6, 6.07) is 12.1. The Morgan fingerprint density at radius 1 is 0.603 bits per heavy atom. The summed E-state index contributed by atoms with van der Waals surface area (Å²) in [6.45, 7) is 0. The van der Waals surface area contributed by atoms with Crippen molar-refractivity contribution >= 4 is 108 Å². The summed E-state index contributed by atoms with van der Waals surface area (Å²) in [5.41, 5.74) is 11.5. The van der Waals surface area contributed by atoms with E-state index in [-0.39, 0.29) is 50.4 Å². The molecule has 0 aliphatic rings. The third-order valence-corrected chi connectivity index (χ3v) is 12.2. The van der Waals surface area contributed by atoms with Gasteiger partial charge in [0.15, 0.2) is 17.2 Å². The standard InChI is InChI=1S/C34H30N8O17S4/c1-58-25-11-17(3-5-23(25)37-39-31-27(62(52,53)54)9-15-7-19(60(46,47)48)13-21(35)29(15)33(31)43)41-42(45)18-4-6-24(26(12-18)59-2)38-40-32-28(63(55,56)57)10-16-8-20(61(49,50)51)14-22(36)30(16)34(32)44/h3-14,41-44H,35-36H2,1-2H3,(H,46,47,48)(H,49,50,51)(H,52,53,54)(H,55,56,57)/p-1. The van der Waals surface area contributed by atoms with Gasteiger partial charge in [0.05, 0.1) is 35.4 Å². The van der Waals surface area contributed by atoms with E-state index in [1.165, 1.54) is 50.6 Å². The molecule has 63 heavy (non-hydrogen) atoms. The number of nitrogens with two attached hydrogens (primary N) is 2. The number of aromatic hydroxyl groups is 1. The van der Waals surface area contributed by atoms with Crippen LogP contribution in [0.1, 0.15) is 0 Å². The Bertz CT molecular complexity index is 3420. The van der Waals surface area contributed by atoms with Crippen molar-refractivity contribution in [3.63, 3.8) is 0 Å². The topological polar surface area (TPSA) is 420 Å². The van der Waals surface area contributed by atoms with Gasteiger partial charge < -0.3 is 36.4 Å². The Labute approximate surface area is 355 Å². The number of ether oxygens (including phenoxy) is 2. The maximum absolute atomic E-state index is 13.4. The van der Waals surface area contributed by atoms with Gasteiger partial charge in [0, 0.05) is 35.0 Å². The largest absolute Gasteiger partial charge is 0.870 e. The molecule has 0 fully saturated rings. The molecule has 332 valence electrons. The molecular formula is C34H29N8O17S4-. The average molecular weight is 950 g/mol. The number of quaternary nitrogens is 1. The third-order valence-electron chi connectivity index (χ3n) is 8.84. The Morgan fingerprint density at radius 3 is 1.57 bits per heavy atom. The van der Waals surface area contributed by atoms with Crippen LogP contribution in [0.4, 0.5) is 45.5 Å². The van der Waals surface area contributed by atoms with Crippen LogP contribution in [-0.4, -0.2) is 71.2 Å². The predicted molar refractivity (Wildman–Crippen MR) is 219 cm³/mol. The number of hydrogen-bond donors (Lipinski definition) is 9. The molecule has 0 radical (unpaired) electrons. The van der Waals surface area contributed by atoms with E-state index in [0.29, 0.717) is 6.07 Å². The van der Waals surface area contributed by atoms with Crippen molar-refractivity contribution in [3.8, 4) is 23.0 Å². The highest BCUT2D eigenvalue weighted by molar-refractivity contribution is 7.86. The van der Waals surface area contributed by atoms with Gasteiger partial charge in [-0.3, -0.25) is 18.2 Å². The molecule has 0 aromatic heterocycles. The van der Waals surface area contributed by atoms with E-state index in [4.69, 9.17) is 20.9 Å². The number of methoxy groups -OCH3 is 2. The molecular weight excluding hydrogens is 921 g/mol. The normalized spacial score (nSPS) is 13.3. The molecule has 11 N–H and O–H groups in total. The zero-order chi connectivity index (χ0) is 46.6. The molecule has 0 amide bonds. The Morgan fingerprint density at radius 2 is 1.06 bits per heavy atom. The van der Waals surface area contributed by atoms with E-state index < -0.39 is 105 Å². The summed E-state index contributed by atoms with van der Waals surface area (Å²) in [5, 5.41) is 50.9. The number of hydrogen-bond acceptors (Lipinski definition) is 20. The molecule has 0 spiro atoms. The number of anilines is 3. The minimum absolute atomic E-state index is 0.0388. The van der Waals surface area contributed by atoms with Gasteiger partial charge in [-0.15, -0.1) is 20.5 Å². The second-order valence-corrected chi connectivity index (χ2v) is 18.5. The maximum Gasteiger partial charge on any atom is 0.296 e. The van der Waals surface area contributed by atoms with Crippen LogP contribution >= 0.6 is 0 Å². The minimum atomic E-state index is -5.19. The van der Waals surface area contributed by atoms with Crippen molar-refractivity contribution in [2.45, 2.75) is 19.6 Å². The predicted octanol–water partition coefficient (Wildman–Crippen LogP) is 3.81. The highest BCUT2D eigenvalue weighted by atomic mass is 32.2. The van der Waals surface area contributed by atoms with E-state index in [1.807, 2.05) is 0 Å². The first-order valence-corrected chi connectivity index (χ1v) is 22.6. The van der Waals surface area contributed by atoms with Gasteiger partial charge in [-0.1, -0.05) is 5.75 Å². The van der Waals surface area contributed by atoms with Gasteiger partial charge in [0.1, 0.15) is 32.6 Å². The zero-order valence-corrected chi connectivity index (χ0v) is 34.9. The van der Waals surface area contributed by atoms with Crippen molar-refractivity contribution in [2.24, 2.45) is 20.5 Å². The van der Waals surface area contributed by atoms with E-state index >= 15 is 0 Å². The second-order valence-electron chi connectivity index (χ2n) is 12.9. The number of fused-ring (bicyclic) bond motifs is 2. The van der Waals surface area contributed by atoms with Crippen LogP contribution in [0, 0.1) is 5.21 Å². The lowest BCUT2D eigenvalue weighted by atomic mass is 10.1. The first kappa shape index (κ1) is 45.7. The highest BCUT2D eigenvalue weighted by Crippen LogP contribution is 2.46. The van der Waals surface area contributed by atoms with E-state index in [1.54, 1.807) is 0 Å². The summed E-state index contributed by atoms with van der Waals surface area (Å²) in [5.74, 6) is -2.29. The molecule has 0 aliphatic carbocycles.